The fourth-order valence-corrected chi connectivity index (χ4v) is 4.04. The molecule has 0 fully saturated rings. The molecule has 0 aliphatic carbocycles. The fraction of sp³-hybridized carbons (Fsp3) is 0.250. The summed E-state index contributed by atoms with van der Waals surface area (Å²) >= 11 is 0. The first-order valence-corrected chi connectivity index (χ1v) is 12.6. The number of aryl methyl sites for hydroxylation is 4. The summed E-state index contributed by atoms with van der Waals surface area (Å²) in [5.74, 6) is -0.0698. The molecule has 0 saturated heterocycles. The van der Waals surface area contributed by atoms with Gasteiger partial charge in [-0.15, -0.1) is 20.5 Å². The molecule has 0 unspecified atom stereocenters. The van der Waals surface area contributed by atoms with Crippen LogP contribution in [0.15, 0.2) is 45.2 Å². The molecule has 0 radical (unpaired) electrons. The average Bonchev–Trinajstić information content (AvgIpc) is 3.74. The van der Waals surface area contributed by atoms with Crippen LogP contribution >= 0.6 is 0 Å². The summed E-state index contributed by atoms with van der Waals surface area (Å²) in [6.07, 6.45) is 3.95. The number of aromatic nitrogens is 10. The molecule has 44 heavy (non-hydrogen) atoms. The van der Waals surface area contributed by atoms with Crippen molar-refractivity contribution < 1.29 is 19.1 Å². The Kier molecular flexibility index (Phi) is 7.62. The molecule has 20 heteroatoms. The zero-order valence-corrected chi connectivity index (χ0v) is 24.4. The normalized spacial score (nSPS) is 11.6. The lowest BCUT2D eigenvalue weighted by Crippen LogP contribution is -2.09. The first kappa shape index (κ1) is 29.2. The monoisotopic (exact) mass is 602 g/mol. The summed E-state index contributed by atoms with van der Waals surface area (Å²) in [7, 11) is 5.73. The second-order valence-electron chi connectivity index (χ2n) is 9.09. The van der Waals surface area contributed by atoms with Crippen molar-refractivity contribution >= 4 is 46.6 Å². The maximum Gasteiger partial charge on any atom is 0.343 e. The summed E-state index contributed by atoms with van der Waals surface area (Å²) in [5.41, 5.74) is 14.4. The van der Waals surface area contributed by atoms with Gasteiger partial charge < -0.3 is 20.9 Å². The maximum atomic E-state index is 12.1. The Morgan fingerprint density at radius 3 is 1.52 bits per heavy atom. The Balaban J connectivity index is 1.47. The maximum absolute atomic E-state index is 12.1. The minimum atomic E-state index is -0.610. The molecule has 0 aliphatic rings. The lowest BCUT2D eigenvalue weighted by Gasteiger charge is -2.06. The average molecular weight is 603 g/mol. The van der Waals surface area contributed by atoms with E-state index in [9.17, 15) is 9.59 Å². The number of anilines is 2. The van der Waals surface area contributed by atoms with Crippen LogP contribution in [0.2, 0.25) is 0 Å². The van der Waals surface area contributed by atoms with Crippen molar-refractivity contribution in [1.29, 1.82) is 0 Å². The number of hydrogen-bond acceptors (Lipinski definition) is 16. The van der Waals surface area contributed by atoms with Gasteiger partial charge in [0, 0.05) is 20.2 Å². The number of carbonyl (C=O) groups is 2. The van der Waals surface area contributed by atoms with Gasteiger partial charge in [0.25, 0.3) is 0 Å². The zero-order chi connectivity index (χ0) is 31.7. The topological polar surface area (TPSA) is 251 Å². The van der Waals surface area contributed by atoms with Crippen LogP contribution in [0, 0.1) is 13.8 Å². The van der Waals surface area contributed by atoms with Crippen LogP contribution in [0.5, 0.6) is 0 Å². The first-order valence-electron chi connectivity index (χ1n) is 12.6. The highest BCUT2D eigenvalue weighted by molar-refractivity contribution is 5.94. The molecular formula is C24H26N16O4. The van der Waals surface area contributed by atoms with E-state index < -0.39 is 11.9 Å². The third kappa shape index (κ3) is 5.10. The molecule has 0 aliphatic heterocycles. The molecule has 0 bridgehead atoms. The minimum absolute atomic E-state index is 0.120. The number of rotatable bonds is 8. The largest absolute Gasteiger partial charge is 0.465 e. The van der Waals surface area contributed by atoms with Crippen LogP contribution in [-0.2, 0) is 23.6 Å². The Morgan fingerprint density at radius 1 is 0.727 bits per heavy atom. The summed E-state index contributed by atoms with van der Waals surface area (Å²) in [6, 6.07) is 1.56. The van der Waals surface area contributed by atoms with E-state index in [-0.39, 0.29) is 57.4 Å². The standard InChI is InChI=1S/C24H26N16O4/c1-11-17(31-33-21-13(23(41)43-5)8-29-37(21)3)19(25)39(35-11)15-7-16(28-10-27-15)40-20(26)18(12(2)36-40)32-34-22-14(24(42)44-6)9-30-38(22)4/h7-10H,25-26H2,1-6H3/b33-31+,34-32+. The molecule has 0 amide bonds. The predicted molar refractivity (Wildman–Crippen MR) is 152 cm³/mol. The highest BCUT2D eigenvalue weighted by Crippen LogP contribution is 2.33. The fourth-order valence-electron chi connectivity index (χ4n) is 4.04. The van der Waals surface area contributed by atoms with Crippen molar-refractivity contribution in [2.45, 2.75) is 13.8 Å². The van der Waals surface area contributed by atoms with Gasteiger partial charge in [-0.3, -0.25) is 0 Å². The predicted octanol–water partition coefficient (Wildman–Crippen LogP) is 2.50. The van der Waals surface area contributed by atoms with E-state index in [2.05, 4.69) is 50.8 Å². The molecule has 20 nitrogen and oxygen atoms in total. The van der Waals surface area contributed by atoms with Crippen molar-refractivity contribution in [1.82, 2.24) is 49.1 Å². The lowest BCUT2D eigenvalue weighted by molar-refractivity contribution is 0.0592. The van der Waals surface area contributed by atoms with E-state index >= 15 is 0 Å². The van der Waals surface area contributed by atoms with E-state index in [1.165, 1.54) is 51.7 Å². The number of ether oxygens (including phenoxy) is 2. The summed E-state index contributed by atoms with van der Waals surface area (Å²) in [5, 5.41) is 33.7. The molecule has 4 N–H and O–H groups in total. The third-order valence-electron chi connectivity index (χ3n) is 6.31. The van der Waals surface area contributed by atoms with Gasteiger partial charge in [0.1, 0.15) is 17.5 Å². The Hall–Kier alpha value is -6.34. The van der Waals surface area contributed by atoms with Gasteiger partial charge in [0.05, 0.1) is 38.0 Å². The third-order valence-corrected chi connectivity index (χ3v) is 6.31. The molecule has 5 aromatic heterocycles. The van der Waals surface area contributed by atoms with Crippen molar-refractivity contribution in [3.63, 3.8) is 0 Å². The lowest BCUT2D eigenvalue weighted by atomic mass is 10.3. The number of nitrogens with two attached hydrogens (primary N) is 2. The molecule has 5 aromatic rings. The summed E-state index contributed by atoms with van der Waals surface area (Å²) in [6.45, 7) is 3.38. The van der Waals surface area contributed by atoms with E-state index in [4.69, 9.17) is 20.9 Å². The van der Waals surface area contributed by atoms with Gasteiger partial charge in [-0.2, -0.15) is 29.8 Å². The highest BCUT2D eigenvalue weighted by atomic mass is 16.5. The van der Waals surface area contributed by atoms with Gasteiger partial charge in [0.2, 0.25) is 0 Å². The number of nitrogen functional groups attached to an aromatic ring is 2. The van der Waals surface area contributed by atoms with E-state index in [0.717, 1.165) is 0 Å². The van der Waals surface area contributed by atoms with Crippen molar-refractivity contribution in [2.24, 2.45) is 34.6 Å². The number of esters is 2. The second-order valence-corrected chi connectivity index (χ2v) is 9.09. The SMILES string of the molecule is COC(=O)c1cnn(C)c1/N=N/c1c(C)nn(-c2cc(-n3nc(C)c(/N=N/c4c(C(=O)OC)cnn4C)c3N)ncn2)c1N. The number of carbonyl (C=O) groups excluding carboxylic acids is 2. The molecule has 226 valence electrons. The number of hydrogen-bond donors (Lipinski definition) is 2. The van der Waals surface area contributed by atoms with Gasteiger partial charge in [0.15, 0.2) is 46.3 Å². The molecule has 0 saturated carbocycles. The van der Waals surface area contributed by atoms with E-state index in [1.54, 1.807) is 34.0 Å². The quantitative estimate of drug-likeness (QED) is 0.192. The van der Waals surface area contributed by atoms with Crippen LogP contribution in [0.3, 0.4) is 0 Å². The number of methoxy groups -OCH3 is 2. The van der Waals surface area contributed by atoms with E-state index in [0.29, 0.717) is 11.4 Å². The van der Waals surface area contributed by atoms with Crippen LogP contribution in [-0.4, -0.2) is 75.2 Å². The molecular weight excluding hydrogens is 576 g/mol. The Morgan fingerprint density at radius 2 is 1.14 bits per heavy atom. The second kappa shape index (κ2) is 11.5. The molecule has 0 atom stereocenters. The van der Waals surface area contributed by atoms with E-state index in [1.807, 2.05) is 0 Å². The minimum Gasteiger partial charge on any atom is -0.465 e. The summed E-state index contributed by atoms with van der Waals surface area (Å²) < 4.78 is 15.0. The zero-order valence-electron chi connectivity index (χ0n) is 24.4. The van der Waals surface area contributed by atoms with Gasteiger partial charge in [-0.1, -0.05) is 0 Å². The van der Waals surface area contributed by atoms with Crippen LogP contribution < -0.4 is 11.5 Å². The van der Waals surface area contributed by atoms with Crippen molar-refractivity contribution in [3.05, 3.63) is 47.3 Å². The molecule has 0 aromatic carbocycles. The molecule has 5 rings (SSSR count). The van der Waals surface area contributed by atoms with Crippen molar-refractivity contribution in [3.8, 4) is 11.6 Å². The molecule has 5 heterocycles. The smallest absolute Gasteiger partial charge is 0.343 e. The summed E-state index contributed by atoms with van der Waals surface area (Å²) in [4.78, 5) is 32.7. The highest BCUT2D eigenvalue weighted by Gasteiger charge is 2.21. The van der Waals surface area contributed by atoms with Crippen molar-refractivity contribution in [2.75, 3.05) is 25.7 Å². The Labute approximate surface area is 248 Å². The molecule has 0 spiro atoms. The van der Waals surface area contributed by atoms with Gasteiger partial charge in [-0.25, -0.2) is 28.9 Å². The number of azo groups is 2. The number of nitrogens with zero attached hydrogens (tertiary/aromatic N) is 14. The van der Waals surface area contributed by atoms with Gasteiger partial charge >= 0.3 is 11.9 Å². The first-order chi connectivity index (χ1) is 21.0. The van der Waals surface area contributed by atoms with Crippen LogP contribution in [0.1, 0.15) is 32.1 Å². The van der Waals surface area contributed by atoms with Crippen LogP contribution in [0.4, 0.5) is 34.6 Å². The van der Waals surface area contributed by atoms with Gasteiger partial charge in [-0.05, 0) is 13.8 Å². The van der Waals surface area contributed by atoms with Crippen LogP contribution in [0.25, 0.3) is 11.6 Å². The Bertz CT molecular complexity index is 1820.